The lowest BCUT2D eigenvalue weighted by atomic mass is 9.95. The maximum atomic E-state index is 13.2. The zero-order valence-corrected chi connectivity index (χ0v) is 17.1. The van der Waals surface area contributed by atoms with Gasteiger partial charge in [0.15, 0.2) is 0 Å². The fourth-order valence-corrected chi connectivity index (χ4v) is 4.25. The van der Waals surface area contributed by atoms with Gasteiger partial charge in [0.1, 0.15) is 11.6 Å². The molecule has 6 nitrogen and oxygen atoms in total. The van der Waals surface area contributed by atoms with Crippen LogP contribution in [0.2, 0.25) is 5.02 Å². The van der Waals surface area contributed by atoms with Crippen LogP contribution in [0.25, 0.3) is 0 Å². The highest BCUT2D eigenvalue weighted by atomic mass is 35.5. The summed E-state index contributed by atoms with van der Waals surface area (Å²) >= 11 is 5.78. The Morgan fingerprint density at radius 2 is 2.10 bits per heavy atom. The molecule has 2 N–H and O–H groups in total. The van der Waals surface area contributed by atoms with Gasteiger partial charge in [-0.2, -0.15) is 0 Å². The zero-order valence-electron chi connectivity index (χ0n) is 16.3. The van der Waals surface area contributed by atoms with Crippen LogP contribution in [0.4, 0.5) is 4.39 Å². The van der Waals surface area contributed by atoms with Crippen LogP contribution < -0.4 is 15.4 Å². The van der Waals surface area contributed by atoms with E-state index in [0.717, 1.165) is 32.2 Å². The first-order valence-electron chi connectivity index (χ1n) is 10.4. The Labute approximate surface area is 175 Å². The van der Waals surface area contributed by atoms with Gasteiger partial charge in [0.25, 0.3) is 0 Å². The molecule has 4 rings (SSSR count). The number of piperidine rings is 2. The number of rotatable bonds is 6. The van der Waals surface area contributed by atoms with Crippen LogP contribution in [0, 0.1) is 17.7 Å². The summed E-state index contributed by atoms with van der Waals surface area (Å²) in [6.07, 6.45) is 4.93. The van der Waals surface area contributed by atoms with Crippen molar-refractivity contribution >= 4 is 23.4 Å². The molecule has 2 amide bonds. The van der Waals surface area contributed by atoms with E-state index >= 15 is 0 Å². The number of halogens is 2. The molecule has 29 heavy (non-hydrogen) atoms. The number of benzene rings is 1. The highest BCUT2D eigenvalue weighted by Crippen LogP contribution is 2.32. The van der Waals surface area contributed by atoms with Gasteiger partial charge < -0.3 is 15.0 Å². The predicted molar refractivity (Wildman–Crippen MR) is 107 cm³/mol. The van der Waals surface area contributed by atoms with E-state index in [1.54, 1.807) is 6.07 Å². The number of hydrogen-bond acceptors (Lipinski definition) is 4. The summed E-state index contributed by atoms with van der Waals surface area (Å²) in [6.45, 7) is 1.80. The van der Waals surface area contributed by atoms with Crippen LogP contribution in [0.3, 0.4) is 0 Å². The number of amides is 2. The van der Waals surface area contributed by atoms with Gasteiger partial charge in [0.05, 0.1) is 23.7 Å². The van der Waals surface area contributed by atoms with Gasteiger partial charge in [-0.1, -0.05) is 11.6 Å². The van der Waals surface area contributed by atoms with Gasteiger partial charge >= 0.3 is 0 Å². The van der Waals surface area contributed by atoms with Crippen LogP contribution in [-0.4, -0.2) is 48.6 Å². The lowest BCUT2D eigenvalue weighted by Gasteiger charge is -2.34. The van der Waals surface area contributed by atoms with E-state index in [1.807, 2.05) is 4.90 Å². The molecule has 158 valence electrons. The van der Waals surface area contributed by atoms with Gasteiger partial charge in [0.2, 0.25) is 11.8 Å². The van der Waals surface area contributed by atoms with Crippen LogP contribution in [0.15, 0.2) is 18.2 Å². The summed E-state index contributed by atoms with van der Waals surface area (Å²) in [5, 5.41) is 6.53. The third-order valence-electron chi connectivity index (χ3n) is 6.01. The monoisotopic (exact) mass is 423 g/mol. The van der Waals surface area contributed by atoms with Crippen molar-refractivity contribution in [3.8, 4) is 5.75 Å². The Kier molecular flexibility index (Phi) is 6.25. The van der Waals surface area contributed by atoms with E-state index < -0.39 is 5.82 Å². The quantitative estimate of drug-likeness (QED) is 0.738. The summed E-state index contributed by atoms with van der Waals surface area (Å²) in [7, 11) is 0. The molecular formula is C21H27ClFN3O3. The Morgan fingerprint density at radius 3 is 2.79 bits per heavy atom. The molecular weight excluding hydrogens is 397 g/mol. The fraction of sp³-hybridized carbons (Fsp3) is 0.619. The highest BCUT2D eigenvalue weighted by molar-refractivity contribution is 6.30. The molecule has 3 aliphatic rings. The number of carbonyl (C=O) groups excluding carboxylic acids is 2. The third-order valence-corrected chi connectivity index (χ3v) is 6.30. The molecule has 0 radical (unpaired) electrons. The standard InChI is InChI=1S/C21H27ClFN3O3/c22-17-9-16(5-6-18(17)23)29-12-13-1-7-19(24-10-13)25-21(28)14-2-8-20(27)26(11-14)15-3-4-15/h5-6,9,13-15,19,24H,1-4,7-8,10-12H2,(H,25,28). The van der Waals surface area contributed by atoms with Crippen LogP contribution in [-0.2, 0) is 9.59 Å². The smallest absolute Gasteiger partial charge is 0.226 e. The van der Waals surface area contributed by atoms with Gasteiger partial charge in [-0.05, 0) is 44.2 Å². The predicted octanol–water partition coefficient (Wildman–Crippen LogP) is 2.70. The first-order valence-corrected chi connectivity index (χ1v) is 10.8. The maximum Gasteiger partial charge on any atom is 0.226 e. The van der Waals surface area contributed by atoms with E-state index in [4.69, 9.17) is 16.3 Å². The minimum Gasteiger partial charge on any atom is -0.493 e. The Bertz CT molecular complexity index is 766. The largest absolute Gasteiger partial charge is 0.493 e. The van der Waals surface area contributed by atoms with Crippen LogP contribution in [0.5, 0.6) is 5.75 Å². The number of hydrogen-bond donors (Lipinski definition) is 2. The molecule has 2 heterocycles. The average Bonchev–Trinajstić information content (AvgIpc) is 3.55. The highest BCUT2D eigenvalue weighted by Gasteiger charge is 2.39. The van der Waals surface area contributed by atoms with Crippen molar-refractivity contribution in [3.05, 3.63) is 29.0 Å². The molecule has 2 saturated heterocycles. The number of carbonyl (C=O) groups is 2. The second kappa shape index (κ2) is 8.88. The van der Waals surface area contributed by atoms with E-state index in [1.165, 1.54) is 12.1 Å². The van der Waals surface area contributed by atoms with Crippen molar-refractivity contribution in [1.82, 2.24) is 15.5 Å². The lowest BCUT2D eigenvalue weighted by Crippen LogP contribution is -2.54. The van der Waals surface area contributed by atoms with E-state index in [9.17, 15) is 14.0 Å². The molecule has 1 aliphatic carbocycles. The molecule has 2 aliphatic heterocycles. The number of ether oxygens (including phenoxy) is 1. The molecule has 0 spiro atoms. The summed E-state index contributed by atoms with van der Waals surface area (Å²) in [5.74, 6) is 0.524. The molecule has 0 bridgehead atoms. The van der Waals surface area contributed by atoms with Gasteiger partial charge in [0, 0.05) is 37.5 Å². The Balaban J connectivity index is 1.19. The molecule has 0 aromatic heterocycles. The molecule has 3 unspecified atom stereocenters. The van der Waals surface area contributed by atoms with Gasteiger partial charge in [-0.15, -0.1) is 0 Å². The summed E-state index contributed by atoms with van der Waals surface area (Å²) in [5.41, 5.74) is 0. The molecule has 1 aromatic rings. The zero-order chi connectivity index (χ0) is 20.4. The van der Waals surface area contributed by atoms with Crippen molar-refractivity contribution in [1.29, 1.82) is 0 Å². The fourth-order valence-electron chi connectivity index (χ4n) is 4.08. The minimum atomic E-state index is -0.459. The number of nitrogens with one attached hydrogen (secondary N) is 2. The Morgan fingerprint density at radius 1 is 1.28 bits per heavy atom. The third kappa shape index (κ3) is 5.20. The summed E-state index contributed by atoms with van der Waals surface area (Å²) in [4.78, 5) is 26.6. The Hall–Kier alpha value is -1.86. The van der Waals surface area contributed by atoms with Crippen molar-refractivity contribution in [2.45, 2.75) is 50.7 Å². The van der Waals surface area contributed by atoms with E-state index in [2.05, 4.69) is 10.6 Å². The van der Waals surface area contributed by atoms with Crippen LogP contribution >= 0.6 is 11.6 Å². The molecule has 8 heteroatoms. The van der Waals surface area contributed by atoms with Crippen molar-refractivity contribution in [3.63, 3.8) is 0 Å². The first kappa shape index (κ1) is 20.4. The van der Waals surface area contributed by atoms with E-state index in [-0.39, 0.29) is 28.9 Å². The van der Waals surface area contributed by atoms with E-state index in [0.29, 0.717) is 43.7 Å². The topological polar surface area (TPSA) is 70.7 Å². The number of nitrogens with zero attached hydrogens (tertiary/aromatic N) is 1. The van der Waals surface area contributed by atoms with Crippen LogP contribution in [0.1, 0.15) is 38.5 Å². The van der Waals surface area contributed by atoms with Crippen molar-refractivity contribution in [2.24, 2.45) is 11.8 Å². The second-order valence-corrected chi connectivity index (χ2v) is 8.72. The minimum absolute atomic E-state index is 0.0382. The van der Waals surface area contributed by atoms with Gasteiger partial charge in [-0.25, -0.2) is 4.39 Å². The molecule has 1 saturated carbocycles. The normalized spacial score (nSPS) is 27.6. The molecule has 3 atom stereocenters. The second-order valence-electron chi connectivity index (χ2n) is 8.31. The molecule has 1 aromatic carbocycles. The number of likely N-dealkylation sites (tertiary alicyclic amines) is 1. The average molecular weight is 424 g/mol. The first-order chi connectivity index (χ1) is 14.0. The lowest BCUT2D eigenvalue weighted by molar-refractivity contribution is -0.139. The summed E-state index contributed by atoms with van der Waals surface area (Å²) in [6, 6.07) is 4.71. The maximum absolute atomic E-state index is 13.2. The SMILES string of the molecule is O=C(NC1CCC(COc2ccc(F)c(Cl)c2)CN1)C1CCC(=O)N(C2CC2)C1. The van der Waals surface area contributed by atoms with Gasteiger partial charge in [-0.3, -0.25) is 14.9 Å². The van der Waals surface area contributed by atoms with Crippen molar-refractivity contribution < 1.29 is 18.7 Å². The van der Waals surface area contributed by atoms with Crippen molar-refractivity contribution in [2.75, 3.05) is 19.7 Å². The molecule has 3 fully saturated rings. The summed E-state index contributed by atoms with van der Waals surface area (Å²) < 4.78 is 18.9.